The van der Waals surface area contributed by atoms with Crippen LogP contribution < -0.4 is 10.4 Å². The van der Waals surface area contributed by atoms with Crippen LogP contribution in [0.3, 0.4) is 0 Å². The molecular formula is C17H19BrO3. The van der Waals surface area contributed by atoms with Crippen LogP contribution in [0.2, 0.25) is 0 Å². The van der Waals surface area contributed by atoms with Crippen LogP contribution in [0.4, 0.5) is 0 Å². The molecule has 0 N–H and O–H groups in total. The number of halogens is 1. The van der Waals surface area contributed by atoms with E-state index in [0.717, 1.165) is 22.0 Å². The zero-order valence-corrected chi connectivity index (χ0v) is 13.7. The van der Waals surface area contributed by atoms with E-state index < -0.39 is 0 Å². The second kappa shape index (κ2) is 5.84. The Balaban J connectivity index is 1.83. The molecule has 1 aromatic carbocycles. The smallest absolute Gasteiger partial charge is 0.336 e. The van der Waals surface area contributed by atoms with E-state index in [9.17, 15) is 4.79 Å². The third-order valence-corrected chi connectivity index (χ3v) is 5.61. The van der Waals surface area contributed by atoms with Crippen molar-refractivity contribution in [3.05, 3.63) is 40.2 Å². The van der Waals surface area contributed by atoms with Crippen molar-refractivity contribution in [1.29, 1.82) is 0 Å². The fourth-order valence-corrected chi connectivity index (χ4v) is 3.80. The Morgan fingerprint density at radius 1 is 1.29 bits per heavy atom. The van der Waals surface area contributed by atoms with Gasteiger partial charge in [0.05, 0.1) is 6.61 Å². The second-order valence-electron chi connectivity index (χ2n) is 6.04. The van der Waals surface area contributed by atoms with Crippen LogP contribution in [0, 0.1) is 12.3 Å². The summed E-state index contributed by atoms with van der Waals surface area (Å²) in [6.07, 6.45) is 4.97. The van der Waals surface area contributed by atoms with Gasteiger partial charge in [0.15, 0.2) is 0 Å². The minimum atomic E-state index is -0.315. The summed E-state index contributed by atoms with van der Waals surface area (Å²) in [6, 6.07) is 7.24. The topological polar surface area (TPSA) is 39.4 Å². The van der Waals surface area contributed by atoms with Gasteiger partial charge >= 0.3 is 5.63 Å². The van der Waals surface area contributed by atoms with Crippen LogP contribution >= 0.6 is 15.9 Å². The predicted octanol–water partition coefficient (Wildman–Crippen LogP) is 4.44. The van der Waals surface area contributed by atoms with Gasteiger partial charge in [0.1, 0.15) is 11.3 Å². The van der Waals surface area contributed by atoms with Crippen LogP contribution in [-0.2, 0) is 0 Å². The van der Waals surface area contributed by atoms with E-state index in [0.29, 0.717) is 12.2 Å². The van der Waals surface area contributed by atoms with Gasteiger partial charge in [0.25, 0.3) is 0 Å². The zero-order chi connectivity index (χ0) is 14.9. The van der Waals surface area contributed by atoms with Gasteiger partial charge in [-0.15, -0.1) is 0 Å². The van der Waals surface area contributed by atoms with Crippen molar-refractivity contribution in [3.63, 3.8) is 0 Å². The van der Waals surface area contributed by atoms with E-state index in [2.05, 4.69) is 15.9 Å². The first-order chi connectivity index (χ1) is 10.1. The molecule has 0 unspecified atom stereocenters. The summed E-state index contributed by atoms with van der Waals surface area (Å²) in [5, 5.41) is 1.93. The number of ether oxygens (including phenoxy) is 1. The van der Waals surface area contributed by atoms with Gasteiger partial charge in [-0.2, -0.15) is 0 Å². The van der Waals surface area contributed by atoms with Crippen LogP contribution in [-0.4, -0.2) is 11.9 Å². The number of hydrogen-bond acceptors (Lipinski definition) is 3. The highest BCUT2D eigenvalue weighted by Gasteiger charge is 2.33. The van der Waals surface area contributed by atoms with Gasteiger partial charge in [-0.25, -0.2) is 4.79 Å². The second-order valence-corrected chi connectivity index (χ2v) is 6.60. The van der Waals surface area contributed by atoms with Crippen molar-refractivity contribution >= 4 is 26.9 Å². The van der Waals surface area contributed by atoms with Crippen molar-refractivity contribution in [2.45, 2.75) is 32.6 Å². The van der Waals surface area contributed by atoms with Crippen LogP contribution in [0.25, 0.3) is 11.0 Å². The SMILES string of the molecule is Cc1cc(=O)oc2cc(OCC3(CBr)CCCC3)ccc12. The molecule has 1 aromatic heterocycles. The quantitative estimate of drug-likeness (QED) is 0.604. The fourth-order valence-electron chi connectivity index (χ4n) is 3.07. The Hall–Kier alpha value is -1.29. The summed E-state index contributed by atoms with van der Waals surface area (Å²) in [5.41, 5.74) is 1.46. The molecule has 21 heavy (non-hydrogen) atoms. The van der Waals surface area contributed by atoms with Crippen LogP contribution in [0.1, 0.15) is 31.2 Å². The number of aryl methyl sites for hydroxylation is 1. The van der Waals surface area contributed by atoms with Crippen LogP contribution in [0.5, 0.6) is 5.75 Å². The Bertz CT molecular complexity index is 699. The number of rotatable bonds is 4. The predicted molar refractivity (Wildman–Crippen MR) is 87.4 cm³/mol. The first-order valence-corrected chi connectivity index (χ1v) is 8.47. The van der Waals surface area contributed by atoms with Gasteiger partial charge in [0, 0.05) is 28.3 Å². The molecule has 112 valence electrons. The lowest BCUT2D eigenvalue weighted by atomic mass is 9.90. The fraction of sp³-hybridized carbons (Fsp3) is 0.471. The van der Waals surface area contributed by atoms with E-state index in [1.54, 1.807) is 0 Å². The standard InChI is InChI=1S/C17H19BrO3/c1-12-8-16(19)21-15-9-13(4-5-14(12)15)20-11-17(10-18)6-2-3-7-17/h4-5,8-9H,2-3,6-7,10-11H2,1H3. The summed E-state index contributed by atoms with van der Waals surface area (Å²) in [6.45, 7) is 2.62. The Morgan fingerprint density at radius 2 is 2.05 bits per heavy atom. The Morgan fingerprint density at radius 3 is 2.76 bits per heavy atom. The number of benzene rings is 1. The summed E-state index contributed by atoms with van der Waals surface area (Å²) in [5.74, 6) is 0.767. The summed E-state index contributed by atoms with van der Waals surface area (Å²) in [7, 11) is 0. The van der Waals surface area contributed by atoms with Gasteiger partial charge in [-0.1, -0.05) is 28.8 Å². The van der Waals surface area contributed by atoms with E-state index >= 15 is 0 Å². The van der Waals surface area contributed by atoms with Gasteiger partial charge in [-0.05, 0) is 37.5 Å². The van der Waals surface area contributed by atoms with E-state index in [1.807, 2.05) is 25.1 Å². The highest BCUT2D eigenvalue weighted by Crippen LogP contribution is 2.40. The number of fused-ring (bicyclic) bond motifs is 1. The summed E-state index contributed by atoms with van der Waals surface area (Å²) >= 11 is 3.63. The molecular weight excluding hydrogens is 332 g/mol. The maximum Gasteiger partial charge on any atom is 0.336 e. The summed E-state index contributed by atoms with van der Waals surface area (Å²) < 4.78 is 11.2. The highest BCUT2D eigenvalue weighted by molar-refractivity contribution is 9.09. The molecule has 0 saturated heterocycles. The molecule has 3 nitrogen and oxygen atoms in total. The first-order valence-electron chi connectivity index (χ1n) is 7.35. The normalized spacial score (nSPS) is 17.2. The monoisotopic (exact) mass is 350 g/mol. The molecule has 0 atom stereocenters. The van der Waals surface area contributed by atoms with Crippen molar-refractivity contribution in [3.8, 4) is 5.75 Å². The third-order valence-electron chi connectivity index (χ3n) is 4.42. The van der Waals surface area contributed by atoms with Crippen molar-refractivity contribution < 1.29 is 9.15 Å². The molecule has 3 rings (SSSR count). The molecule has 1 heterocycles. The zero-order valence-electron chi connectivity index (χ0n) is 12.2. The number of hydrogen-bond donors (Lipinski definition) is 0. The Labute approximate surface area is 132 Å². The lowest BCUT2D eigenvalue weighted by Crippen LogP contribution is -2.26. The molecule has 0 radical (unpaired) electrons. The number of alkyl halides is 1. The molecule has 2 aromatic rings. The lowest BCUT2D eigenvalue weighted by molar-refractivity contribution is 0.174. The first kappa shape index (κ1) is 14.6. The molecule has 1 fully saturated rings. The largest absolute Gasteiger partial charge is 0.493 e. The van der Waals surface area contributed by atoms with Gasteiger partial charge < -0.3 is 9.15 Å². The molecule has 0 amide bonds. The van der Waals surface area contributed by atoms with Gasteiger partial charge in [-0.3, -0.25) is 0 Å². The maximum absolute atomic E-state index is 11.5. The van der Waals surface area contributed by atoms with E-state index in [1.165, 1.54) is 31.7 Å². The third kappa shape index (κ3) is 3.00. The molecule has 0 aliphatic heterocycles. The van der Waals surface area contributed by atoms with Crippen molar-refractivity contribution in [2.75, 3.05) is 11.9 Å². The molecule has 1 saturated carbocycles. The highest BCUT2D eigenvalue weighted by atomic mass is 79.9. The Kier molecular flexibility index (Phi) is 4.07. The van der Waals surface area contributed by atoms with E-state index in [-0.39, 0.29) is 11.0 Å². The molecule has 1 aliphatic carbocycles. The minimum absolute atomic E-state index is 0.252. The maximum atomic E-state index is 11.5. The van der Waals surface area contributed by atoms with Crippen molar-refractivity contribution in [2.24, 2.45) is 5.41 Å². The molecule has 1 aliphatic rings. The van der Waals surface area contributed by atoms with Crippen LogP contribution in [0.15, 0.2) is 33.5 Å². The molecule has 4 heteroatoms. The molecule has 0 spiro atoms. The lowest BCUT2D eigenvalue weighted by Gasteiger charge is -2.26. The summed E-state index contributed by atoms with van der Waals surface area (Å²) in [4.78, 5) is 11.5. The average Bonchev–Trinajstić information content (AvgIpc) is 2.94. The average molecular weight is 351 g/mol. The van der Waals surface area contributed by atoms with Gasteiger partial charge in [0.2, 0.25) is 0 Å². The molecule has 0 bridgehead atoms. The van der Waals surface area contributed by atoms with E-state index in [4.69, 9.17) is 9.15 Å². The minimum Gasteiger partial charge on any atom is -0.493 e. The van der Waals surface area contributed by atoms with Crippen molar-refractivity contribution in [1.82, 2.24) is 0 Å².